The molecule has 4 nitrogen and oxygen atoms in total. The summed E-state index contributed by atoms with van der Waals surface area (Å²) in [6.45, 7) is 0. The van der Waals surface area contributed by atoms with E-state index < -0.39 is 0 Å². The molecule has 6 heteroatoms. The van der Waals surface area contributed by atoms with Crippen LogP contribution >= 0.6 is 22.7 Å². The van der Waals surface area contributed by atoms with Crippen LogP contribution in [0.25, 0.3) is 79.0 Å². The maximum atomic E-state index is 5.17. The molecule has 0 bridgehead atoms. The molecule has 0 saturated heterocycles. The van der Waals surface area contributed by atoms with Gasteiger partial charge in [-0.2, -0.15) is 0 Å². The minimum atomic E-state index is -0.189. The van der Waals surface area contributed by atoms with Gasteiger partial charge in [0.25, 0.3) is 0 Å². The van der Waals surface area contributed by atoms with Crippen LogP contribution < -0.4 is 10.6 Å². The second-order valence-corrected chi connectivity index (χ2v) is 17.0. The third kappa shape index (κ3) is 5.33. The number of nitrogens with zero attached hydrogens (tertiary/aromatic N) is 2. The lowest BCUT2D eigenvalue weighted by molar-refractivity contribution is 0.411. The van der Waals surface area contributed by atoms with Gasteiger partial charge < -0.3 is 9.88 Å². The standard InChI is InChI=1S/C51H34N4S2/c1-3-12-31(13-4-1)49-52-50(32-14-5-2-6-15-32)54-51(53-49)38-18-11-21-47-48(38)41-29-34(23-26-46(41)57-47)33-22-25-44-39(28-33)40-30-35(24-27-45(40)56-44)55-42-19-9-7-16-36(42)37-17-8-10-20-43(37)55/h1-30,49,51,53H,(H,52,54). The number of thiophene rings is 2. The minimum absolute atomic E-state index is 0.148. The van der Waals surface area contributed by atoms with Gasteiger partial charge in [0.1, 0.15) is 18.2 Å². The van der Waals surface area contributed by atoms with E-state index in [1.165, 1.54) is 84.5 Å². The Balaban J connectivity index is 0.975. The van der Waals surface area contributed by atoms with Gasteiger partial charge in [-0.15, -0.1) is 22.7 Å². The summed E-state index contributed by atoms with van der Waals surface area (Å²) in [6.07, 6.45) is -0.337. The van der Waals surface area contributed by atoms with Gasteiger partial charge in [0.05, 0.1) is 11.0 Å². The van der Waals surface area contributed by atoms with Crippen molar-refractivity contribution < 1.29 is 0 Å². The molecule has 2 unspecified atom stereocenters. The quantitative estimate of drug-likeness (QED) is 0.183. The maximum Gasteiger partial charge on any atom is 0.131 e. The van der Waals surface area contributed by atoms with Gasteiger partial charge in [0.15, 0.2) is 0 Å². The molecule has 1 aliphatic heterocycles. The number of rotatable bonds is 5. The van der Waals surface area contributed by atoms with E-state index in [1.54, 1.807) is 0 Å². The topological polar surface area (TPSA) is 41.4 Å². The number of benzene rings is 8. The zero-order valence-electron chi connectivity index (χ0n) is 30.7. The van der Waals surface area contributed by atoms with E-state index >= 15 is 0 Å². The van der Waals surface area contributed by atoms with Gasteiger partial charge in [0, 0.05) is 62.4 Å². The Morgan fingerprint density at radius 1 is 0.456 bits per heavy atom. The second-order valence-electron chi connectivity index (χ2n) is 14.8. The number of hydrogen-bond donors (Lipinski definition) is 2. The average Bonchev–Trinajstić information content (AvgIpc) is 3.95. The van der Waals surface area contributed by atoms with E-state index in [0.717, 1.165) is 17.0 Å². The molecule has 11 aromatic rings. The first-order valence-electron chi connectivity index (χ1n) is 19.3. The summed E-state index contributed by atoms with van der Waals surface area (Å²) in [5, 5.41) is 15.3. The lowest BCUT2D eigenvalue weighted by Crippen LogP contribution is -2.45. The summed E-state index contributed by atoms with van der Waals surface area (Å²) >= 11 is 3.73. The summed E-state index contributed by atoms with van der Waals surface area (Å²) in [5.74, 6) is 0.892. The highest BCUT2D eigenvalue weighted by atomic mass is 32.1. The average molecular weight is 767 g/mol. The number of nitrogens with one attached hydrogen (secondary N) is 2. The third-order valence-electron chi connectivity index (χ3n) is 11.5. The van der Waals surface area contributed by atoms with Gasteiger partial charge in [-0.25, -0.2) is 4.99 Å². The van der Waals surface area contributed by atoms with Crippen molar-refractivity contribution in [3.8, 4) is 16.8 Å². The molecule has 0 spiro atoms. The van der Waals surface area contributed by atoms with E-state index in [1.807, 2.05) is 22.7 Å². The Bertz CT molecular complexity index is 3320. The third-order valence-corrected chi connectivity index (χ3v) is 13.8. The molecule has 0 saturated carbocycles. The van der Waals surface area contributed by atoms with Gasteiger partial charge >= 0.3 is 0 Å². The minimum Gasteiger partial charge on any atom is -0.350 e. The second kappa shape index (κ2) is 13.0. The van der Waals surface area contributed by atoms with E-state index in [2.05, 4.69) is 197 Å². The van der Waals surface area contributed by atoms with Crippen LogP contribution in [0.3, 0.4) is 0 Å². The zero-order valence-corrected chi connectivity index (χ0v) is 32.3. The molecule has 270 valence electrons. The summed E-state index contributed by atoms with van der Waals surface area (Å²) < 4.78 is 7.58. The normalized spacial score (nSPS) is 15.9. The fourth-order valence-corrected chi connectivity index (χ4v) is 11.0. The van der Waals surface area contributed by atoms with Gasteiger partial charge in [-0.3, -0.25) is 5.32 Å². The molecule has 0 amide bonds. The van der Waals surface area contributed by atoms with Crippen molar-refractivity contribution in [3.63, 3.8) is 0 Å². The van der Waals surface area contributed by atoms with Crippen LogP contribution in [-0.4, -0.2) is 10.4 Å². The van der Waals surface area contributed by atoms with E-state index in [9.17, 15) is 0 Å². The smallest absolute Gasteiger partial charge is 0.131 e. The van der Waals surface area contributed by atoms with Crippen molar-refractivity contribution in [1.29, 1.82) is 0 Å². The number of aliphatic imine (C=N–C) groups is 1. The molecule has 8 aromatic carbocycles. The molecule has 0 aliphatic carbocycles. The Morgan fingerprint density at radius 3 is 1.79 bits per heavy atom. The molecular formula is C51H34N4S2. The Kier molecular flexibility index (Phi) is 7.45. The van der Waals surface area contributed by atoms with Crippen LogP contribution in [0.5, 0.6) is 0 Å². The van der Waals surface area contributed by atoms with Crippen molar-refractivity contribution in [3.05, 3.63) is 199 Å². The monoisotopic (exact) mass is 766 g/mol. The first-order chi connectivity index (χ1) is 28.2. The van der Waals surface area contributed by atoms with Crippen molar-refractivity contribution in [1.82, 2.24) is 15.2 Å². The van der Waals surface area contributed by atoms with Crippen LogP contribution in [0.1, 0.15) is 29.0 Å². The first-order valence-corrected chi connectivity index (χ1v) is 21.0. The van der Waals surface area contributed by atoms with Crippen LogP contribution in [0.15, 0.2) is 187 Å². The molecule has 12 rings (SSSR count). The number of hydrogen-bond acceptors (Lipinski definition) is 5. The highest BCUT2D eigenvalue weighted by Gasteiger charge is 2.27. The van der Waals surface area contributed by atoms with Gasteiger partial charge in [-0.05, 0) is 82.9 Å². The van der Waals surface area contributed by atoms with Crippen molar-refractivity contribution in [2.24, 2.45) is 4.99 Å². The van der Waals surface area contributed by atoms with Crippen LogP contribution in [0.2, 0.25) is 0 Å². The fraction of sp³-hybridized carbons (Fsp3) is 0.0392. The van der Waals surface area contributed by atoms with E-state index in [4.69, 9.17) is 4.99 Å². The maximum absolute atomic E-state index is 5.17. The Hall–Kier alpha value is -6.57. The van der Waals surface area contributed by atoms with E-state index in [-0.39, 0.29) is 12.3 Å². The molecule has 4 heterocycles. The molecular weight excluding hydrogens is 733 g/mol. The van der Waals surface area contributed by atoms with Crippen LogP contribution in [-0.2, 0) is 0 Å². The van der Waals surface area contributed by atoms with Gasteiger partial charge in [-0.1, -0.05) is 121 Å². The van der Waals surface area contributed by atoms with Crippen molar-refractivity contribution in [2.75, 3.05) is 0 Å². The van der Waals surface area contributed by atoms with Crippen LogP contribution in [0.4, 0.5) is 0 Å². The summed E-state index contributed by atoms with van der Waals surface area (Å²) in [5.41, 5.74) is 9.52. The molecule has 3 aromatic heterocycles. The number of amidine groups is 1. The predicted molar refractivity (Wildman–Crippen MR) is 243 cm³/mol. The number of aromatic nitrogens is 1. The highest BCUT2D eigenvalue weighted by Crippen LogP contribution is 2.43. The largest absolute Gasteiger partial charge is 0.350 e. The summed E-state index contributed by atoms with van der Waals surface area (Å²) in [6, 6.07) is 66.1. The molecule has 2 N–H and O–H groups in total. The van der Waals surface area contributed by atoms with Crippen LogP contribution in [0, 0.1) is 0 Å². The molecule has 1 aliphatic rings. The SMILES string of the molecule is c1ccc(C2=NC(c3ccccc3)NC(c3cccc4sc5ccc(-c6ccc7sc8ccc(-n9c%10ccccc%10c%10ccccc%109)cc8c7c6)cc5c34)N2)cc1. The highest BCUT2D eigenvalue weighted by molar-refractivity contribution is 7.26. The number of fused-ring (bicyclic) bond motifs is 9. The Morgan fingerprint density at radius 2 is 1.05 bits per heavy atom. The molecule has 0 radical (unpaired) electrons. The number of para-hydroxylation sites is 2. The molecule has 2 atom stereocenters. The molecule has 0 fully saturated rings. The summed E-state index contributed by atoms with van der Waals surface area (Å²) in [7, 11) is 0. The lowest BCUT2D eigenvalue weighted by Gasteiger charge is -2.32. The van der Waals surface area contributed by atoms with Gasteiger partial charge in [0.2, 0.25) is 0 Å². The predicted octanol–water partition coefficient (Wildman–Crippen LogP) is 13.5. The summed E-state index contributed by atoms with van der Waals surface area (Å²) in [4.78, 5) is 5.17. The zero-order chi connectivity index (χ0) is 37.5. The fourth-order valence-electron chi connectivity index (χ4n) is 8.83. The van der Waals surface area contributed by atoms with E-state index in [0.29, 0.717) is 0 Å². The molecule has 57 heavy (non-hydrogen) atoms. The first kappa shape index (κ1) is 32.7. The van der Waals surface area contributed by atoms with Crippen molar-refractivity contribution in [2.45, 2.75) is 12.3 Å². The lowest BCUT2D eigenvalue weighted by atomic mass is 9.98. The van der Waals surface area contributed by atoms with Crippen molar-refractivity contribution >= 4 is 90.7 Å². The Labute approximate surface area is 337 Å².